The third kappa shape index (κ3) is 2.24. The van der Waals surface area contributed by atoms with Gasteiger partial charge in [0.05, 0.1) is 0 Å². The van der Waals surface area contributed by atoms with E-state index >= 15 is 0 Å². The fourth-order valence-electron chi connectivity index (χ4n) is 1.51. The summed E-state index contributed by atoms with van der Waals surface area (Å²) in [6, 6.07) is 7.88. The Morgan fingerprint density at radius 1 is 1.00 bits per heavy atom. The molecule has 1 aromatic carbocycles. The monoisotopic (exact) mass is 214 g/mol. The molecule has 1 heterocycles. The average molecular weight is 214 g/mol. The molecule has 1 aromatic heterocycles. The lowest BCUT2D eigenvalue weighted by molar-refractivity contribution is 0.737. The second kappa shape index (κ2) is 4.83. The third-order valence-electron chi connectivity index (χ3n) is 2.49. The van der Waals surface area contributed by atoms with Crippen LogP contribution in [0.4, 0.5) is 0 Å². The summed E-state index contributed by atoms with van der Waals surface area (Å²) in [4.78, 5) is 7.96. The standard InChI is InChI=1S/C12H14N4/c13-5-12(14)10-3-1-9(2-4-10)11-6-15-8-16-7-11/h1-4,6-8,12H,5,13-14H2. The van der Waals surface area contributed by atoms with Crippen LogP contribution in [0.5, 0.6) is 0 Å². The van der Waals surface area contributed by atoms with Crippen molar-refractivity contribution < 1.29 is 0 Å². The Balaban J connectivity index is 2.26. The molecule has 1 atom stereocenters. The summed E-state index contributed by atoms with van der Waals surface area (Å²) in [5.41, 5.74) is 14.5. The highest BCUT2D eigenvalue weighted by Crippen LogP contribution is 2.19. The quantitative estimate of drug-likeness (QED) is 0.802. The van der Waals surface area contributed by atoms with Crippen molar-refractivity contribution in [2.45, 2.75) is 6.04 Å². The van der Waals surface area contributed by atoms with Crippen molar-refractivity contribution in [3.8, 4) is 11.1 Å². The smallest absolute Gasteiger partial charge is 0.115 e. The van der Waals surface area contributed by atoms with E-state index < -0.39 is 0 Å². The minimum Gasteiger partial charge on any atom is -0.329 e. The molecule has 1 unspecified atom stereocenters. The van der Waals surface area contributed by atoms with Gasteiger partial charge in [-0.3, -0.25) is 0 Å². The summed E-state index contributed by atoms with van der Waals surface area (Å²) >= 11 is 0. The minimum absolute atomic E-state index is 0.0962. The molecule has 4 nitrogen and oxygen atoms in total. The first-order valence-corrected chi connectivity index (χ1v) is 5.12. The number of hydrogen-bond acceptors (Lipinski definition) is 4. The van der Waals surface area contributed by atoms with Gasteiger partial charge in [-0.25, -0.2) is 9.97 Å². The van der Waals surface area contributed by atoms with Gasteiger partial charge in [0.15, 0.2) is 0 Å². The van der Waals surface area contributed by atoms with Gasteiger partial charge in [-0.2, -0.15) is 0 Å². The van der Waals surface area contributed by atoms with Gasteiger partial charge in [0, 0.05) is 30.5 Å². The van der Waals surface area contributed by atoms with Gasteiger partial charge < -0.3 is 11.5 Å². The second-order valence-electron chi connectivity index (χ2n) is 3.59. The van der Waals surface area contributed by atoms with Crippen LogP contribution in [0, 0.1) is 0 Å². The Kier molecular flexibility index (Phi) is 3.24. The van der Waals surface area contributed by atoms with Crippen LogP contribution in [0.15, 0.2) is 43.0 Å². The molecule has 0 aliphatic carbocycles. The number of aromatic nitrogens is 2. The predicted molar refractivity (Wildman–Crippen MR) is 63.5 cm³/mol. The summed E-state index contributed by atoms with van der Waals surface area (Å²) in [5, 5.41) is 0. The fraction of sp³-hybridized carbons (Fsp3) is 0.167. The number of rotatable bonds is 3. The van der Waals surface area contributed by atoms with E-state index in [-0.39, 0.29) is 6.04 Å². The molecule has 0 fully saturated rings. The highest BCUT2D eigenvalue weighted by Gasteiger charge is 2.03. The normalized spacial score (nSPS) is 12.4. The average Bonchev–Trinajstić information content (AvgIpc) is 2.39. The largest absolute Gasteiger partial charge is 0.329 e. The fourth-order valence-corrected chi connectivity index (χ4v) is 1.51. The minimum atomic E-state index is -0.0962. The summed E-state index contributed by atoms with van der Waals surface area (Å²) in [6.45, 7) is 0.452. The first-order valence-electron chi connectivity index (χ1n) is 5.12. The molecule has 16 heavy (non-hydrogen) atoms. The highest BCUT2D eigenvalue weighted by atomic mass is 14.8. The highest BCUT2D eigenvalue weighted by molar-refractivity contribution is 5.61. The van der Waals surface area contributed by atoms with E-state index in [9.17, 15) is 0 Å². The molecule has 4 N–H and O–H groups in total. The summed E-state index contributed by atoms with van der Waals surface area (Å²) in [7, 11) is 0. The van der Waals surface area contributed by atoms with Gasteiger partial charge in [-0.1, -0.05) is 24.3 Å². The number of nitrogens with zero attached hydrogens (tertiary/aromatic N) is 2. The Morgan fingerprint density at radius 2 is 1.62 bits per heavy atom. The van der Waals surface area contributed by atoms with Crippen molar-refractivity contribution in [2.24, 2.45) is 11.5 Å². The van der Waals surface area contributed by atoms with Crippen LogP contribution in [0.2, 0.25) is 0 Å². The molecule has 0 saturated heterocycles. The first-order chi connectivity index (χ1) is 7.81. The van der Waals surface area contributed by atoms with Gasteiger partial charge in [-0.15, -0.1) is 0 Å². The number of nitrogens with two attached hydrogens (primary N) is 2. The van der Waals surface area contributed by atoms with Crippen LogP contribution >= 0.6 is 0 Å². The van der Waals surface area contributed by atoms with Crippen LogP contribution < -0.4 is 11.5 Å². The van der Waals surface area contributed by atoms with Crippen LogP contribution in [0.3, 0.4) is 0 Å². The molecule has 4 heteroatoms. The lowest BCUT2D eigenvalue weighted by atomic mass is 10.0. The molecule has 2 aromatic rings. The van der Waals surface area contributed by atoms with Gasteiger partial charge in [0.25, 0.3) is 0 Å². The van der Waals surface area contributed by atoms with Gasteiger partial charge >= 0.3 is 0 Å². The topological polar surface area (TPSA) is 77.8 Å². The van der Waals surface area contributed by atoms with Crippen molar-refractivity contribution in [1.29, 1.82) is 0 Å². The Hall–Kier alpha value is -1.78. The van der Waals surface area contributed by atoms with E-state index in [1.807, 2.05) is 24.3 Å². The Morgan fingerprint density at radius 3 is 2.19 bits per heavy atom. The molecule has 0 saturated carbocycles. The molecule has 2 rings (SSSR count). The maximum Gasteiger partial charge on any atom is 0.115 e. The maximum absolute atomic E-state index is 5.83. The summed E-state index contributed by atoms with van der Waals surface area (Å²) < 4.78 is 0. The van der Waals surface area contributed by atoms with Crippen LogP contribution in [-0.2, 0) is 0 Å². The first kappa shape index (κ1) is 10.7. The van der Waals surface area contributed by atoms with Crippen molar-refractivity contribution >= 4 is 0 Å². The zero-order valence-electron chi connectivity index (χ0n) is 8.88. The Labute approximate surface area is 94.3 Å². The van der Waals surface area contributed by atoms with Crippen LogP contribution in [0.25, 0.3) is 11.1 Å². The van der Waals surface area contributed by atoms with Gasteiger partial charge in [-0.05, 0) is 11.1 Å². The molecule has 0 spiro atoms. The van der Waals surface area contributed by atoms with E-state index in [1.54, 1.807) is 12.4 Å². The molecule has 0 amide bonds. The lowest BCUT2D eigenvalue weighted by Gasteiger charge is -2.09. The summed E-state index contributed by atoms with van der Waals surface area (Å²) in [6.07, 6.45) is 5.08. The SMILES string of the molecule is NCC(N)c1ccc(-c2cncnc2)cc1. The molecule has 0 aliphatic heterocycles. The molecule has 0 aliphatic rings. The third-order valence-corrected chi connectivity index (χ3v) is 2.49. The molecular weight excluding hydrogens is 200 g/mol. The predicted octanol–water partition coefficient (Wildman–Crippen LogP) is 1.10. The van der Waals surface area contributed by atoms with Crippen molar-refractivity contribution in [2.75, 3.05) is 6.54 Å². The maximum atomic E-state index is 5.83. The molecule has 0 bridgehead atoms. The van der Waals surface area contributed by atoms with E-state index in [0.717, 1.165) is 16.7 Å². The van der Waals surface area contributed by atoms with Gasteiger partial charge in [0.1, 0.15) is 6.33 Å². The molecule has 82 valence electrons. The van der Waals surface area contributed by atoms with Crippen LogP contribution in [0.1, 0.15) is 11.6 Å². The van der Waals surface area contributed by atoms with Crippen molar-refractivity contribution in [1.82, 2.24) is 9.97 Å². The Bertz CT molecular complexity index is 438. The number of hydrogen-bond donors (Lipinski definition) is 2. The van der Waals surface area contributed by atoms with E-state index in [2.05, 4.69) is 9.97 Å². The zero-order valence-corrected chi connectivity index (χ0v) is 8.88. The number of benzene rings is 1. The lowest BCUT2D eigenvalue weighted by Crippen LogP contribution is -2.20. The summed E-state index contributed by atoms with van der Waals surface area (Å²) in [5.74, 6) is 0. The van der Waals surface area contributed by atoms with E-state index in [0.29, 0.717) is 6.54 Å². The molecular formula is C12H14N4. The second-order valence-corrected chi connectivity index (χ2v) is 3.59. The zero-order chi connectivity index (χ0) is 11.4. The van der Waals surface area contributed by atoms with E-state index in [1.165, 1.54) is 6.33 Å². The van der Waals surface area contributed by atoms with Crippen molar-refractivity contribution in [3.63, 3.8) is 0 Å². The van der Waals surface area contributed by atoms with Gasteiger partial charge in [0.2, 0.25) is 0 Å². The molecule has 0 radical (unpaired) electrons. The van der Waals surface area contributed by atoms with Crippen LogP contribution in [-0.4, -0.2) is 16.5 Å². The van der Waals surface area contributed by atoms with E-state index in [4.69, 9.17) is 11.5 Å². The van der Waals surface area contributed by atoms with Crippen molar-refractivity contribution in [3.05, 3.63) is 48.5 Å².